The lowest BCUT2D eigenvalue weighted by atomic mass is 10.2. The van der Waals surface area contributed by atoms with Gasteiger partial charge in [0.25, 0.3) is 0 Å². The molecule has 0 aromatic carbocycles. The second-order valence-corrected chi connectivity index (χ2v) is 5.57. The van der Waals surface area contributed by atoms with Gasteiger partial charge < -0.3 is 15.3 Å². The molecule has 0 rings (SSSR count). The van der Waals surface area contributed by atoms with Crippen LogP contribution in [0.2, 0.25) is 0 Å². The summed E-state index contributed by atoms with van der Waals surface area (Å²) in [5.41, 5.74) is 0. The number of carbonyl (C=O) groups is 2. The summed E-state index contributed by atoms with van der Waals surface area (Å²) in [6, 6.07) is 0.0675. The van der Waals surface area contributed by atoms with Gasteiger partial charge >= 0.3 is 12.0 Å². The van der Waals surface area contributed by atoms with Crippen LogP contribution in [-0.4, -0.2) is 53.1 Å². The monoisotopic (exact) mass is 276 g/mol. The van der Waals surface area contributed by atoms with Crippen LogP contribution in [0.5, 0.6) is 0 Å². The smallest absolute Gasteiger partial charge is 0.317 e. The standard InChI is InChI=1S/C12H24N2O3S/c1-4-18-9-7-10(2)14(3)12(17)13-8-5-6-11(15)16/h10H,4-9H2,1-3H3,(H,13,17)(H,15,16). The highest BCUT2D eigenvalue weighted by Crippen LogP contribution is 2.08. The van der Waals surface area contributed by atoms with E-state index in [2.05, 4.69) is 12.2 Å². The Hall–Kier alpha value is -0.910. The molecule has 0 saturated heterocycles. The number of hydrogen-bond donors (Lipinski definition) is 2. The fourth-order valence-electron chi connectivity index (χ4n) is 1.35. The van der Waals surface area contributed by atoms with Gasteiger partial charge in [-0.05, 0) is 31.3 Å². The fraction of sp³-hybridized carbons (Fsp3) is 0.833. The molecule has 0 aromatic rings. The van der Waals surface area contributed by atoms with Gasteiger partial charge in [0.15, 0.2) is 0 Å². The van der Waals surface area contributed by atoms with Crippen molar-refractivity contribution in [2.45, 2.75) is 39.2 Å². The molecule has 6 heteroatoms. The molecule has 2 amide bonds. The van der Waals surface area contributed by atoms with E-state index in [-0.39, 0.29) is 18.5 Å². The van der Waals surface area contributed by atoms with Gasteiger partial charge in [-0.2, -0.15) is 11.8 Å². The van der Waals surface area contributed by atoms with Crippen molar-refractivity contribution in [3.8, 4) is 0 Å². The zero-order chi connectivity index (χ0) is 14.0. The Balaban J connectivity index is 3.76. The number of amides is 2. The molecule has 0 aromatic heterocycles. The van der Waals surface area contributed by atoms with Crippen molar-refractivity contribution < 1.29 is 14.7 Å². The zero-order valence-electron chi connectivity index (χ0n) is 11.4. The van der Waals surface area contributed by atoms with Gasteiger partial charge in [0.05, 0.1) is 0 Å². The van der Waals surface area contributed by atoms with E-state index in [0.29, 0.717) is 13.0 Å². The van der Waals surface area contributed by atoms with Crippen molar-refractivity contribution in [1.29, 1.82) is 0 Å². The van der Waals surface area contributed by atoms with Gasteiger partial charge in [0, 0.05) is 26.1 Å². The Labute approximate surface area is 113 Å². The molecule has 1 atom stereocenters. The molecule has 0 fully saturated rings. The minimum atomic E-state index is -0.831. The van der Waals surface area contributed by atoms with Crippen molar-refractivity contribution >= 4 is 23.8 Å². The van der Waals surface area contributed by atoms with E-state index in [9.17, 15) is 9.59 Å². The highest BCUT2D eigenvalue weighted by molar-refractivity contribution is 7.99. The van der Waals surface area contributed by atoms with Crippen LogP contribution in [0.25, 0.3) is 0 Å². The average molecular weight is 276 g/mol. The Kier molecular flexibility index (Phi) is 9.55. The second kappa shape index (κ2) is 10.1. The molecular weight excluding hydrogens is 252 g/mol. The van der Waals surface area contributed by atoms with E-state index in [4.69, 9.17) is 5.11 Å². The molecule has 0 heterocycles. The minimum Gasteiger partial charge on any atom is -0.481 e. The molecule has 0 radical (unpaired) electrons. The van der Waals surface area contributed by atoms with Crippen molar-refractivity contribution in [2.24, 2.45) is 0 Å². The Morgan fingerprint density at radius 2 is 2.11 bits per heavy atom. The average Bonchev–Trinajstić information content (AvgIpc) is 2.33. The van der Waals surface area contributed by atoms with Crippen molar-refractivity contribution in [3.63, 3.8) is 0 Å². The third-order valence-corrected chi connectivity index (χ3v) is 3.64. The first-order valence-electron chi connectivity index (χ1n) is 6.29. The quantitative estimate of drug-likeness (QED) is 0.632. The summed E-state index contributed by atoms with van der Waals surface area (Å²) in [5.74, 6) is 1.31. The second-order valence-electron chi connectivity index (χ2n) is 4.17. The lowest BCUT2D eigenvalue weighted by Crippen LogP contribution is -2.43. The van der Waals surface area contributed by atoms with E-state index in [0.717, 1.165) is 17.9 Å². The van der Waals surface area contributed by atoms with Crippen molar-refractivity contribution in [2.75, 3.05) is 25.1 Å². The van der Waals surface area contributed by atoms with Crippen LogP contribution in [0.1, 0.15) is 33.1 Å². The molecule has 5 nitrogen and oxygen atoms in total. The largest absolute Gasteiger partial charge is 0.481 e. The first-order valence-corrected chi connectivity index (χ1v) is 7.44. The van der Waals surface area contributed by atoms with Gasteiger partial charge in [0.2, 0.25) is 0 Å². The van der Waals surface area contributed by atoms with Gasteiger partial charge in [-0.3, -0.25) is 4.79 Å². The van der Waals surface area contributed by atoms with E-state index < -0.39 is 5.97 Å². The van der Waals surface area contributed by atoms with Gasteiger partial charge in [-0.1, -0.05) is 6.92 Å². The highest BCUT2D eigenvalue weighted by Gasteiger charge is 2.14. The molecule has 1 unspecified atom stereocenters. The SMILES string of the molecule is CCSCCC(C)N(C)C(=O)NCCCC(=O)O. The van der Waals surface area contributed by atoms with E-state index >= 15 is 0 Å². The van der Waals surface area contributed by atoms with Gasteiger partial charge in [-0.25, -0.2) is 4.79 Å². The summed E-state index contributed by atoms with van der Waals surface area (Å²) >= 11 is 1.87. The molecule has 0 saturated carbocycles. The van der Waals surface area contributed by atoms with E-state index in [1.54, 1.807) is 11.9 Å². The lowest BCUT2D eigenvalue weighted by molar-refractivity contribution is -0.137. The van der Waals surface area contributed by atoms with Crippen LogP contribution >= 0.6 is 11.8 Å². The molecule has 0 aliphatic carbocycles. The van der Waals surface area contributed by atoms with Crippen LogP contribution in [-0.2, 0) is 4.79 Å². The van der Waals surface area contributed by atoms with Crippen molar-refractivity contribution in [1.82, 2.24) is 10.2 Å². The number of rotatable bonds is 9. The number of carboxylic acid groups (broad SMARTS) is 1. The van der Waals surface area contributed by atoms with Crippen LogP contribution in [0.3, 0.4) is 0 Å². The van der Waals surface area contributed by atoms with E-state index in [1.165, 1.54) is 0 Å². The molecule has 0 spiro atoms. The minimum absolute atomic E-state index is 0.0900. The Morgan fingerprint density at radius 3 is 2.67 bits per heavy atom. The number of thioether (sulfide) groups is 1. The number of carboxylic acids is 1. The summed E-state index contributed by atoms with van der Waals surface area (Å²) in [6.45, 7) is 4.55. The third kappa shape index (κ3) is 8.22. The number of nitrogens with zero attached hydrogens (tertiary/aromatic N) is 1. The third-order valence-electron chi connectivity index (χ3n) is 2.71. The predicted octanol–water partition coefficient (Wildman–Crippen LogP) is 2.02. The van der Waals surface area contributed by atoms with E-state index in [1.807, 2.05) is 18.7 Å². The van der Waals surface area contributed by atoms with Crippen LogP contribution in [0.15, 0.2) is 0 Å². The molecule has 106 valence electrons. The molecule has 0 bridgehead atoms. The van der Waals surface area contributed by atoms with Crippen molar-refractivity contribution in [3.05, 3.63) is 0 Å². The zero-order valence-corrected chi connectivity index (χ0v) is 12.3. The summed E-state index contributed by atoms with van der Waals surface area (Å²) in [7, 11) is 1.77. The molecule has 18 heavy (non-hydrogen) atoms. The number of nitrogens with one attached hydrogen (secondary N) is 1. The normalized spacial score (nSPS) is 11.9. The number of hydrogen-bond acceptors (Lipinski definition) is 3. The van der Waals surface area contributed by atoms with Crippen LogP contribution in [0.4, 0.5) is 4.79 Å². The fourth-order valence-corrected chi connectivity index (χ4v) is 2.15. The number of carbonyl (C=O) groups excluding carboxylic acids is 1. The molecule has 0 aliphatic heterocycles. The maximum atomic E-state index is 11.7. The number of urea groups is 1. The highest BCUT2D eigenvalue weighted by atomic mass is 32.2. The molecular formula is C12H24N2O3S. The summed E-state index contributed by atoms with van der Waals surface area (Å²) in [4.78, 5) is 23.7. The summed E-state index contributed by atoms with van der Waals surface area (Å²) in [5, 5.41) is 11.2. The van der Waals surface area contributed by atoms with Gasteiger partial charge in [-0.15, -0.1) is 0 Å². The maximum absolute atomic E-state index is 11.7. The lowest BCUT2D eigenvalue weighted by Gasteiger charge is -2.25. The molecule has 2 N–H and O–H groups in total. The van der Waals surface area contributed by atoms with Crippen LogP contribution < -0.4 is 5.32 Å². The van der Waals surface area contributed by atoms with Crippen LogP contribution in [0, 0.1) is 0 Å². The summed E-state index contributed by atoms with van der Waals surface area (Å²) < 4.78 is 0. The topological polar surface area (TPSA) is 69.6 Å². The van der Waals surface area contributed by atoms with Gasteiger partial charge in [0.1, 0.15) is 0 Å². The predicted molar refractivity (Wildman–Crippen MR) is 75.1 cm³/mol. The Bertz CT molecular complexity index is 262. The summed E-state index contributed by atoms with van der Waals surface area (Å²) in [6.07, 6.45) is 1.53. The maximum Gasteiger partial charge on any atom is 0.317 e. The molecule has 0 aliphatic rings. The first-order chi connectivity index (χ1) is 8.49. The first kappa shape index (κ1) is 17.1. The number of aliphatic carboxylic acids is 1. The Morgan fingerprint density at radius 1 is 1.44 bits per heavy atom.